The standard InChI is InChI=1S/C69H131NO6/c1-7-11-14-17-20-23-26-29-32-35-38-41-44-47-50-53-59-73-66-58-57-65(70-64(6)71)67(74-60-54-51-48-45-42-39-36-33-30-27-24-21-18-15-12-8-2)69(66,62-75-68(72)63(5)56-10-4)76-61-55-52-49-46-43-40-37-34-31-28-25-22-19-16-13-9-3/h58,63H,7-57,59-62H2,1-6H3,(H,70,71). The SMILES string of the molecule is CCCCCCCCCCCCCCCCCCOC1=CCC(NC(C)=O)=C(OCCCCCCCCCCCCCCCCCC)C1(COC(=O)C(C)CCC)OCCCCCCCCCCCCCCCCCC. The summed E-state index contributed by atoms with van der Waals surface area (Å²) in [6, 6.07) is 0. The maximum Gasteiger partial charge on any atom is 0.308 e. The van der Waals surface area contributed by atoms with Crippen LogP contribution in [0.1, 0.15) is 369 Å². The first-order chi connectivity index (χ1) is 37.4. The molecule has 0 spiro atoms. The Morgan fingerprint density at radius 2 is 0.737 bits per heavy atom. The summed E-state index contributed by atoms with van der Waals surface area (Å²) >= 11 is 0. The van der Waals surface area contributed by atoms with Crippen LogP contribution in [0.2, 0.25) is 0 Å². The molecule has 0 radical (unpaired) electrons. The van der Waals surface area contributed by atoms with E-state index in [1.54, 1.807) is 6.92 Å². The Bertz CT molecular complexity index is 1340. The van der Waals surface area contributed by atoms with Crippen LogP contribution in [0, 0.1) is 5.92 Å². The molecule has 0 aromatic heterocycles. The molecule has 0 aromatic rings. The fourth-order valence-electron chi connectivity index (χ4n) is 11.2. The minimum Gasteiger partial charge on any atom is -0.495 e. The third-order valence-corrected chi connectivity index (χ3v) is 16.2. The van der Waals surface area contributed by atoms with E-state index in [1.165, 1.54) is 270 Å². The number of unbranched alkanes of at least 4 members (excludes halogenated alkanes) is 45. The van der Waals surface area contributed by atoms with Gasteiger partial charge in [-0.05, 0) is 31.8 Å². The van der Waals surface area contributed by atoms with Crippen molar-refractivity contribution in [3.05, 3.63) is 23.3 Å². The summed E-state index contributed by atoms with van der Waals surface area (Å²) in [6.45, 7) is 14.0. The van der Waals surface area contributed by atoms with Crippen LogP contribution >= 0.6 is 0 Å². The highest BCUT2D eigenvalue weighted by Crippen LogP contribution is 2.40. The Balaban J connectivity index is 2.91. The van der Waals surface area contributed by atoms with Crippen LogP contribution in [0.5, 0.6) is 0 Å². The topological polar surface area (TPSA) is 83.1 Å². The first kappa shape index (κ1) is 72.0. The molecule has 0 saturated heterocycles. The van der Waals surface area contributed by atoms with Gasteiger partial charge in [-0.15, -0.1) is 0 Å². The van der Waals surface area contributed by atoms with E-state index in [0.717, 1.165) is 51.4 Å². The molecule has 0 heterocycles. The summed E-state index contributed by atoms with van der Waals surface area (Å²) in [5.41, 5.74) is -0.583. The highest BCUT2D eigenvalue weighted by atomic mass is 16.6. The first-order valence-electron chi connectivity index (χ1n) is 34.1. The number of hydrogen-bond donors (Lipinski definition) is 1. The second-order valence-corrected chi connectivity index (χ2v) is 23.8. The molecule has 0 aliphatic heterocycles. The summed E-state index contributed by atoms with van der Waals surface area (Å²) < 4.78 is 27.0. The van der Waals surface area contributed by atoms with Crippen LogP contribution in [0.4, 0.5) is 0 Å². The predicted molar refractivity (Wildman–Crippen MR) is 328 cm³/mol. The number of allylic oxidation sites excluding steroid dienone is 1. The molecule has 448 valence electrons. The molecule has 0 fully saturated rings. The van der Waals surface area contributed by atoms with E-state index in [2.05, 4.69) is 39.1 Å². The molecule has 1 amide bonds. The summed E-state index contributed by atoms with van der Waals surface area (Å²) in [6.07, 6.45) is 67.4. The maximum absolute atomic E-state index is 13.6. The molecular weight excluding hydrogens is 939 g/mol. The summed E-state index contributed by atoms with van der Waals surface area (Å²) in [5, 5.41) is 3.12. The summed E-state index contributed by atoms with van der Waals surface area (Å²) in [4.78, 5) is 26.4. The number of carbonyl (C=O) groups excluding carboxylic acids is 2. The van der Waals surface area contributed by atoms with Gasteiger partial charge < -0.3 is 24.3 Å². The predicted octanol–water partition coefficient (Wildman–Crippen LogP) is 22.2. The van der Waals surface area contributed by atoms with Crippen molar-refractivity contribution in [2.24, 2.45) is 5.92 Å². The van der Waals surface area contributed by atoms with Crippen LogP contribution < -0.4 is 5.32 Å². The van der Waals surface area contributed by atoms with E-state index in [0.29, 0.717) is 43.5 Å². The van der Waals surface area contributed by atoms with Gasteiger partial charge in [0, 0.05) is 20.0 Å². The molecule has 1 aliphatic carbocycles. The van der Waals surface area contributed by atoms with Crippen LogP contribution in [-0.4, -0.2) is 43.9 Å². The third kappa shape index (κ3) is 41.1. The van der Waals surface area contributed by atoms with E-state index >= 15 is 0 Å². The molecule has 0 saturated carbocycles. The molecule has 76 heavy (non-hydrogen) atoms. The average Bonchev–Trinajstić information content (AvgIpc) is 3.41. The Morgan fingerprint density at radius 1 is 0.434 bits per heavy atom. The molecule has 1 aliphatic rings. The minimum atomic E-state index is -1.27. The highest BCUT2D eigenvalue weighted by Gasteiger charge is 2.49. The molecule has 1 N–H and O–H groups in total. The molecule has 7 heteroatoms. The van der Waals surface area contributed by atoms with Gasteiger partial charge in [0.15, 0.2) is 5.76 Å². The average molecular weight is 1070 g/mol. The van der Waals surface area contributed by atoms with Crippen LogP contribution in [0.15, 0.2) is 23.3 Å². The minimum absolute atomic E-state index is 0.0408. The van der Waals surface area contributed by atoms with Gasteiger partial charge in [0.2, 0.25) is 11.5 Å². The largest absolute Gasteiger partial charge is 0.495 e. The van der Waals surface area contributed by atoms with Crippen LogP contribution in [0.25, 0.3) is 0 Å². The lowest BCUT2D eigenvalue weighted by atomic mass is 9.90. The number of esters is 1. The maximum atomic E-state index is 13.6. The lowest BCUT2D eigenvalue weighted by molar-refractivity contribution is -0.161. The fourth-order valence-corrected chi connectivity index (χ4v) is 11.2. The molecule has 2 atom stereocenters. The monoisotopic (exact) mass is 1070 g/mol. The van der Waals surface area contributed by atoms with Gasteiger partial charge in [-0.25, -0.2) is 0 Å². The van der Waals surface area contributed by atoms with Gasteiger partial charge in [0.25, 0.3) is 0 Å². The van der Waals surface area contributed by atoms with Crippen LogP contribution in [-0.2, 0) is 28.5 Å². The van der Waals surface area contributed by atoms with E-state index < -0.39 is 5.60 Å². The Hall–Kier alpha value is -2.02. The van der Waals surface area contributed by atoms with Crippen molar-refractivity contribution in [1.82, 2.24) is 5.32 Å². The second-order valence-electron chi connectivity index (χ2n) is 23.8. The zero-order valence-corrected chi connectivity index (χ0v) is 52.0. The zero-order valence-electron chi connectivity index (χ0n) is 52.0. The number of ether oxygens (including phenoxy) is 4. The van der Waals surface area contributed by atoms with Crippen LogP contribution in [0.3, 0.4) is 0 Å². The molecular formula is C69H131NO6. The van der Waals surface area contributed by atoms with Crippen molar-refractivity contribution in [1.29, 1.82) is 0 Å². The van der Waals surface area contributed by atoms with Gasteiger partial charge in [0.1, 0.15) is 12.4 Å². The van der Waals surface area contributed by atoms with Gasteiger partial charge >= 0.3 is 5.97 Å². The van der Waals surface area contributed by atoms with Crippen molar-refractivity contribution >= 4 is 11.9 Å². The molecule has 0 aromatic carbocycles. The smallest absolute Gasteiger partial charge is 0.308 e. The lowest BCUT2D eigenvalue weighted by Crippen LogP contribution is -2.48. The highest BCUT2D eigenvalue weighted by molar-refractivity contribution is 5.75. The Kier molecular flexibility index (Phi) is 52.0. The normalized spacial score (nSPS) is 15.1. The molecule has 7 nitrogen and oxygen atoms in total. The Morgan fingerprint density at radius 3 is 1.05 bits per heavy atom. The molecule has 1 rings (SSSR count). The van der Waals surface area contributed by atoms with Gasteiger partial charge in [-0.3, -0.25) is 9.59 Å². The van der Waals surface area contributed by atoms with Crippen molar-refractivity contribution in [2.45, 2.75) is 375 Å². The second kappa shape index (κ2) is 54.9. The number of hydrogen-bond acceptors (Lipinski definition) is 6. The van der Waals surface area contributed by atoms with Gasteiger partial charge in [0.05, 0.1) is 24.8 Å². The number of nitrogens with one attached hydrogen (secondary N) is 1. The van der Waals surface area contributed by atoms with Crippen molar-refractivity contribution in [2.75, 3.05) is 26.4 Å². The fraction of sp³-hybridized carbons (Fsp3) is 0.913. The molecule has 2 unspecified atom stereocenters. The van der Waals surface area contributed by atoms with Crippen molar-refractivity contribution in [3.8, 4) is 0 Å². The summed E-state index contributed by atoms with van der Waals surface area (Å²) in [5.74, 6) is 0.619. The zero-order chi connectivity index (χ0) is 55.1. The quantitative estimate of drug-likeness (QED) is 0.0483. The summed E-state index contributed by atoms with van der Waals surface area (Å²) in [7, 11) is 0. The van der Waals surface area contributed by atoms with E-state index in [9.17, 15) is 9.59 Å². The Labute approximate surface area is 473 Å². The van der Waals surface area contributed by atoms with E-state index in [1.807, 2.05) is 6.92 Å². The number of carbonyl (C=O) groups is 2. The number of rotatable bonds is 60. The number of amides is 1. The van der Waals surface area contributed by atoms with Gasteiger partial charge in [-0.2, -0.15) is 0 Å². The van der Waals surface area contributed by atoms with E-state index in [4.69, 9.17) is 18.9 Å². The third-order valence-electron chi connectivity index (χ3n) is 16.2. The van der Waals surface area contributed by atoms with Crippen molar-refractivity contribution in [3.63, 3.8) is 0 Å². The first-order valence-corrected chi connectivity index (χ1v) is 34.1. The van der Waals surface area contributed by atoms with Gasteiger partial charge in [-0.1, -0.05) is 330 Å². The van der Waals surface area contributed by atoms with E-state index in [-0.39, 0.29) is 24.4 Å². The lowest BCUT2D eigenvalue weighted by Gasteiger charge is -2.40. The van der Waals surface area contributed by atoms with Crippen molar-refractivity contribution < 1.29 is 28.5 Å². The molecule has 0 bridgehead atoms.